The Bertz CT molecular complexity index is 1180. The number of nitrogen functional groups attached to an aromatic ring is 1. The summed E-state index contributed by atoms with van der Waals surface area (Å²) in [6.45, 7) is 4.85. The van der Waals surface area contributed by atoms with Crippen molar-refractivity contribution in [2.45, 2.75) is 25.2 Å². The van der Waals surface area contributed by atoms with E-state index < -0.39 is 0 Å². The minimum atomic E-state index is -0.351. The molecule has 4 aromatic rings. The Labute approximate surface area is 171 Å². The zero-order chi connectivity index (χ0) is 20.1. The highest BCUT2D eigenvalue weighted by molar-refractivity contribution is 5.90. The van der Waals surface area contributed by atoms with Crippen LogP contribution in [0.4, 0.5) is 5.95 Å². The Kier molecular flexibility index (Phi) is 4.01. The van der Waals surface area contributed by atoms with Gasteiger partial charge in [-0.15, -0.1) is 5.10 Å². The SMILES string of the molecule is Nc1nc2c(cnn2CCN2CCC3(CC2)OCCO3)c2nc(-c3ccco3)nn12. The van der Waals surface area contributed by atoms with Crippen LogP contribution >= 0.6 is 0 Å². The maximum Gasteiger partial charge on any atom is 0.225 e. The largest absolute Gasteiger partial charge is 0.461 e. The Morgan fingerprint density at radius 2 is 1.90 bits per heavy atom. The van der Waals surface area contributed by atoms with Crippen LogP contribution in [-0.2, 0) is 16.0 Å². The highest BCUT2D eigenvalue weighted by atomic mass is 16.7. The summed E-state index contributed by atoms with van der Waals surface area (Å²) >= 11 is 0. The van der Waals surface area contributed by atoms with Gasteiger partial charge >= 0.3 is 0 Å². The molecule has 2 fully saturated rings. The first-order valence-electron chi connectivity index (χ1n) is 10.1. The van der Waals surface area contributed by atoms with Crippen LogP contribution < -0.4 is 5.73 Å². The standard InChI is InChI=1S/C19H22N8O3/c20-18-23-16-13(17-22-15(24-27(17)18)14-2-1-9-28-14)12-21-26(16)8-7-25-5-3-19(4-6-25)29-10-11-30-19/h1-2,9,12H,3-8,10-11H2,(H2,20,23). The van der Waals surface area contributed by atoms with Crippen molar-refractivity contribution in [3.63, 3.8) is 0 Å². The van der Waals surface area contributed by atoms with Crippen LogP contribution in [0.2, 0.25) is 0 Å². The predicted molar refractivity (Wildman–Crippen MR) is 106 cm³/mol. The Hall–Kier alpha value is -3.02. The number of anilines is 1. The first-order chi connectivity index (χ1) is 14.7. The second-order valence-electron chi connectivity index (χ2n) is 7.67. The lowest BCUT2D eigenvalue weighted by molar-refractivity contribution is -0.185. The molecular weight excluding hydrogens is 388 g/mol. The second-order valence-corrected chi connectivity index (χ2v) is 7.67. The molecule has 11 nitrogen and oxygen atoms in total. The van der Waals surface area contributed by atoms with Crippen LogP contribution in [0, 0.1) is 0 Å². The van der Waals surface area contributed by atoms with Gasteiger partial charge in [0, 0.05) is 32.5 Å². The van der Waals surface area contributed by atoms with Gasteiger partial charge in [0.15, 0.2) is 22.8 Å². The molecule has 2 saturated heterocycles. The minimum absolute atomic E-state index is 0.264. The summed E-state index contributed by atoms with van der Waals surface area (Å²) in [5.74, 6) is 0.958. The molecule has 0 saturated carbocycles. The molecule has 4 aromatic heterocycles. The van der Waals surface area contributed by atoms with Crippen molar-refractivity contribution in [3.05, 3.63) is 24.6 Å². The van der Waals surface area contributed by atoms with Gasteiger partial charge in [-0.05, 0) is 12.1 Å². The molecule has 2 N–H and O–H groups in total. The summed E-state index contributed by atoms with van der Waals surface area (Å²) in [5, 5.41) is 9.76. The molecule has 11 heteroatoms. The fraction of sp³-hybridized carbons (Fsp3) is 0.474. The Morgan fingerprint density at radius 3 is 2.67 bits per heavy atom. The minimum Gasteiger partial charge on any atom is -0.461 e. The molecule has 156 valence electrons. The summed E-state index contributed by atoms with van der Waals surface area (Å²) in [4.78, 5) is 11.5. The van der Waals surface area contributed by atoms with E-state index in [1.165, 1.54) is 4.52 Å². The van der Waals surface area contributed by atoms with Crippen molar-refractivity contribution in [2.24, 2.45) is 0 Å². The topological polar surface area (TPSA) is 122 Å². The van der Waals surface area contributed by atoms with E-state index in [0.717, 1.165) is 37.9 Å². The van der Waals surface area contributed by atoms with E-state index in [9.17, 15) is 0 Å². The monoisotopic (exact) mass is 410 g/mol. The van der Waals surface area contributed by atoms with Gasteiger partial charge < -0.3 is 24.5 Å². The van der Waals surface area contributed by atoms with E-state index in [1.54, 1.807) is 18.5 Å². The molecule has 0 amide bonds. The first kappa shape index (κ1) is 17.8. The molecule has 0 aliphatic carbocycles. The number of hydrogen-bond donors (Lipinski definition) is 1. The molecule has 0 radical (unpaired) electrons. The van der Waals surface area contributed by atoms with Crippen molar-refractivity contribution in [2.75, 3.05) is 38.6 Å². The van der Waals surface area contributed by atoms with Crippen molar-refractivity contribution in [3.8, 4) is 11.6 Å². The Morgan fingerprint density at radius 1 is 1.07 bits per heavy atom. The Balaban J connectivity index is 1.23. The molecule has 2 aliphatic heterocycles. The number of ether oxygens (including phenoxy) is 2. The normalized spacial score (nSPS) is 19.5. The zero-order valence-electron chi connectivity index (χ0n) is 16.4. The molecular formula is C19H22N8O3. The van der Waals surface area contributed by atoms with Crippen LogP contribution in [0.25, 0.3) is 28.3 Å². The van der Waals surface area contributed by atoms with E-state index in [4.69, 9.17) is 19.6 Å². The summed E-state index contributed by atoms with van der Waals surface area (Å²) in [6, 6.07) is 3.60. The second kappa shape index (κ2) is 6.76. The molecule has 0 atom stereocenters. The molecule has 0 bridgehead atoms. The quantitative estimate of drug-likeness (QED) is 0.528. The fourth-order valence-corrected chi connectivity index (χ4v) is 4.27. The lowest BCUT2D eigenvalue weighted by atomic mass is 10.0. The van der Waals surface area contributed by atoms with Crippen molar-refractivity contribution in [1.82, 2.24) is 34.3 Å². The van der Waals surface area contributed by atoms with E-state index in [-0.39, 0.29) is 11.7 Å². The van der Waals surface area contributed by atoms with Crippen molar-refractivity contribution < 1.29 is 13.9 Å². The highest BCUT2D eigenvalue weighted by Gasteiger charge is 2.39. The van der Waals surface area contributed by atoms with Crippen molar-refractivity contribution >= 4 is 22.6 Å². The van der Waals surface area contributed by atoms with E-state index in [0.29, 0.717) is 42.6 Å². The smallest absolute Gasteiger partial charge is 0.225 e. The maximum absolute atomic E-state index is 6.16. The number of nitrogens with two attached hydrogens (primary N) is 1. The van der Waals surface area contributed by atoms with Crippen LogP contribution in [0.3, 0.4) is 0 Å². The molecule has 2 aliphatic rings. The third-order valence-corrected chi connectivity index (χ3v) is 5.90. The highest BCUT2D eigenvalue weighted by Crippen LogP contribution is 2.31. The number of rotatable bonds is 4. The molecule has 6 rings (SSSR count). The van der Waals surface area contributed by atoms with Crippen molar-refractivity contribution in [1.29, 1.82) is 0 Å². The number of aromatic nitrogens is 6. The van der Waals surface area contributed by atoms with Crippen LogP contribution in [0.5, 0.6) is 0 Å². The molecule has 30 heavy (non-hydrogen) atoms. The fourth-order valence-electron chi connectivity index (χ4n) is 4.27. The number of likely N-dealkylation sites (tertiary alicyclic amines) is 1. The first-order valence-corrected chi connectivity index (χ1v) is 10.1. The molecule has 0 unspecified atom stereocenters. The van der Waals surface area contributed by atoms with E-state index in [2.05, 4.69) is 25.1 Å². The van der Waals surface area contributed by atoms with Gasteiger partial charge in [-0.25, -0.2) is 9.67 Å². The third-order valence-electron chi connectivity index (χ3n) is 5.90. The number of furan rings is 1. The average molecular weight is 410 g/mol. The third kappa shape index (κ3) is 2.85. The van der Waals surface area contributed by atoms with Gasteiger partial charge in [0.25, 0.3) is 0 Å². The lowest BCUT2D eigenvalue weighted by Crippen LogP contribution is -2.45. The van der Waals surface area contributed by atoms with E-state index >= 15 is 0 Å². The molecule has 6 heterocycles. The molecule has 0 aromatic carbocycles. The van der Waals surface area contributed by atoms with E-state index in [1.807, 2.05) is 10.7 Å². The maximum atomic E-state index is 6.16. The number of piperidine rings is 1. The number of fused-ring (bicyclic) bond motifs is 3. The summed E-state index contributed by atoms with van der Waals surface area (Å²) in [5.41, 5.74) is 7.48. The van der Waals surface area contributed by atoms with Gasteiger partial charge in [-0.3, -0.25) is 0 Å². The van der Waals surface area contributed by atoms with Gasteiger partial charge in [0.1, 0.15) is 0 Å². The summed E-state index contributed by atoms with van der Waals surface area (Å²) in [6.07, 6.45) is 5.15. The summed E-state index contributed by atoms with van der Waals surface area (Å²) in [7, 11) is 0. The zero-order valence-corrected chi connectivity index (χ0v) is 16.4. The van der Waals surface area contributed by atoms with Gasteiger partial charge in [0.2, 0.25) is 11.8 Å². The predicted octanol–water partition coefficient (Wildman–Crippen LogP) is 1.16. The number of nitrogens with zero attached hydrogens (tertiary/aromatic N) is 7. The lowest BCUT2D eigenvalue weighted by Gasteiger charge is -2.37. The van der Waals surface area contributed by atoms with Gasteiger partial charge in [0.05, 0.1) is 37.6 Å². The average Bonchev–Trinajstić information content (AvgIpc) is 3.54. The number of hydrogen-bond acceptors (Lipinski definition) is 9. The van der Waals surface area contributed by atoms with Crippen LogP contribution in [0.1, 0.15) is 12.8 Å². The molecule has 1 spiro atoms. The van der Waals surface area contributed by atoms with Crippen LogP contribution in [0.15, 0.2) is 29.0 Å². The van der Waals surface area contributed by atoms with Crippen LogP contribution in [-0.4, -0.2) is 72.9 Å². The summed E-state index contributed by atoms with van der Waals surface area (Å²) < 4.78 is 20.4. The van der Waals surface area contributed by atoms with Gasteiger partial charge in [-0.2, -0.15) is 14.6 Å². The van der Waals surface area contributed by atoms with Gasteiger partial charge in [-0.1, -0.05) is 0 Å².